The summed E-state index contributed by atoms with van der Waals surface area (Å²) >= 11 is 9.11. The van der Waals surface area contributed by atoms with Gasteiger partial charge in [-0.25, -0.2) is 4.39 Å². The molecular weight excluding hydrogens is 516 g/mol. The fraction of sp³-hybridized carbons (Fsp3) is 0.200. The average Bonchev–Trinajstić information content (AvgIpc) is 2.41. The standard InChI is InChI=1S/C15H13Br2FINO/c1-2-21-15-9(5-10(16)6-12(15)17)8-20-14-4-3-11(18)7-13(14)19/h3-7,20H,2,8H2,1H3. The molecule has 2 rings (SSSR count). The van der Waals surface area contributed by atoms with Crippen LogP contribution in [0.4, 0.5) is 10.1 Å². The molecule has 0 aromatic heterocycles. The van der Waals surface area contributed by atoms with Gasteiger partial charge in [0.2, 0.25) is 0 Å². The Kier molecular flexibility index (Phi) is 6.31. The van der Waals surface area contributed by atoms with E-state index in [1.54, 1.807) is 6.07 Å². The highest BCUT2D eigenvalue weighted by Gasteiger charge is 2.10. The van der Waals surface area contributed by atoms with Gasteiger partial charge in [0.15, 0.2) is 0 Å². The quantitative estimate of drug-likeness (QED) is 0.483. The number of anilines is 1. The van der Waals surface area contributed by atoms with E-state index in [1.165, 1.54) is 12.1 Å². The largest absolute Gasteiger partial charge is 0.492 e. The summed E-state index contributed by atoms with van der Waals surface area (Å²) < 4.78 is 21.5. The van der Waals surface area contributed by atoms with Crippen molar-refractivity contribution in [2.75, 3.05) is 11.9 Å². The predicted octanol–water partition coefficient (Wildman–Crippen LogP) is 5.97. The lowest BCUT2D eigenvalue weighted by molar-refractivity contribution is 0.334. The summed E-state index contributed by atoms with van der Waals surface area (Å²) in [6, 6.07) is 8.66. The maximum atomic E-state index is 13.1. The Balaban J connectivity index is 2.22. The van der Waals surface area contributed by atoms with Gasteiger partial charge in [-0.2, -0.15) is 0 Å². The van der Waals surface area contributed by atoms with E-state index in [4.69, 9.17) is 4.74 Å². The number of ether oxygens (including phenoxy) is 1. The highest BCUT2D eigenvalue weighted by molar-refractivity contribution is 14.1. The number of halogens is 4. The molecule has 0 saturated heterocycles. The van der Waals surface area contributed by atoms with Crippen molar-refractivity contribution in [3.8, 4) is 5.75 Å². The maximum Gasteiger partial charge on any atom is 0.138 e. The molecule has 21 heavy (non-hydrogen) atoms. The first-order valence-corrected chi connectivity index (χ1v) is 8.97. The number of rotatable bonds is 5. The molecule has 0 unspecified atom stereocenters. The molecule has 112 valence electrons. The van der Waals surface area contributed by atoms with Crippen LogP contribution in [-0.4, -0.2) is 6.61 Å². The predicted molar refractivity (Wildman–Crippen MR) is 99.5 cm³/mol. The molecule has 2 aromatic rings. The topological polar surface area (TPSA) is 21.3 Å². The van der Waals surface area contributed by atoms with Crippen LogP contribution < -0.4 is 10.1 Å². The number of hydrogen-bond acceptors (Lipinski definition) is 2. The number of hydrogen-bond donors (Lipinski definition) is 1. The molecule has 0 heterocycles. The number of nitrogens with one attached hydrogen (secondary N) is 1. The molecule has 0 fully saturated rings. The minimum atomic E-state index is -0.231. The van der Waals surface area contributed by atoms with Gasteiger partial charge in [0.25, 0.3) is 0 Å². The van der Waals surface area contributed by atoms with Crippen LogP contribution in [-0.2, 0) is 6.54 Å². The van der Waals surface area contributed by atoms with Gasteiger partial charge in [0.1, 0.15) is 11.6 Å². The minimum Gasteiger partial charge on any atom is -0.492 e. The van der Waals surface area contributed by atoms with Crippen molar-refractivity contribution in [1.29, 1.82) is 0 Å². The van der Waals surface area contributed by atoms with Crippen LogP contribution in [0.25, 0.3) is 0 Å². The summed E-state index contributed by atoms with van der Waals surface area (Å²) in [7, 11) is 0. The van der Waals surface area contributed by atoms with Crippen molar-refractivity contribution in [2.24, 2.45) is 0 Å². The van der Waals surface area contributed by atoms with E-state index in [0.717, 1.165) is 29.5 Å². The molecule has 0 saturated carbocycles. The Morgan fingerprint density at radius 2 is 2.00 bits per heavy atom. The summed E-state index contributed by atoms with van der Waals surface area (Å²) in [5.41, 5.74) is 1.92. The lowest BCUT2D eigenvalue weighted by Crippen LogP contribution is -2.05. The van der Waals surface area contributed by atoms with E-state index in [0.29, 0.717) is 13.2 Å². The summed E-state index contributed by atoms with van der Waals surface area (Å²) in [6.07, 6.45) is 0. The van der Waals surface area contributed by atoms with Crippen molar-refractivity contribution in [2.45, 2.75) is 13.5 Å². The van der Waals surface area contributed by atoms with Crippen LogP contribution >= 0.6 is 54.5 Å². The van der Waals surface area contributed by atoms with Crippen LogP contribution in [0.1, 0.15) is 12.5 Å². The highest BCUT2D eigenvalue weighted by atomic mass is 127. The van der Waals surface area contributed by atoms with Gasteiger partial charge in [0.05, 0.1) is 11.1 Å². The molecule has 0 aliphatic rings. The summed E-state index contributed by atoms with van der Waals surface area (Å²) in [5.74, 6) is 0.593. The Morgan fingerprint density at radius 3 is 2.67 bits per heavy atom. The molecular formula is C15H13Br2FINO. The smallest absolute Gasteiger partial charge is 0.138 e. The first kappa shape index (κ1) is 17.0. The minimum absolute atomic E-state index is 0.231. The van der Waals surface area contributed by atoms with E-state index in [-0.39, 0.29) is 5.82 Å². The van der Waals surface area contributed by atoms with Crippen LogP contribution in [0.15, 0.2) is 39.3 Å². The van der Waals surface area contributed by atoms with Gasteiger partial charge in [-0.1, -0.05) is 15.9 Å². The van der Waals surface area contributed by atoms with E-state index < -0.39 is 0 Å². The van der Waals surface area contributed by atoms with Crippen molar-refractivity contribution in [1.82, 2.24) is 0 Å². The second-order valence-corrected chi connectivity index (χ2v) is 7.22. The van der Waals surface area contributed by atoms with E-state index >= 15 is 0 Å². The van der Waals surface area contributed by atoms with Gasteiger partial charge in [-0.05, 0) is 75.8 Å². The van der Waals surface area contributed by atoms with E-state index in [9.17, 15) is 4.39 Å². The molecule has 2 aromatic carbocycles. The Morgan fingerprint density at radius 1 is 1.24 bits per heavy atom. The second-order valence-electron chi connectivity index (χ2n) is 4.29. The van der Waals surface area contributed by atoms with Gasteiger partial charge in [-0.3, -0.25) is 0 Å². The molecule has 2 nitrogen and oxygen atoms in total. The fourth-order valence-electron chi connectivity index (χ4n) is 1.87. The zero-order chi connectivity index (χ0) is 15.4. The molecule has 0 spiro atoms. The molecule has 0 aliphatic heterocycles. The summed E-state index contributed by atoms with van der Waals surface area (Å²) in [6.45, 7) is 3.14. The third kappa shape index (κ3) is 4.56. The SMILES string of the molecule is CCOc1c(Br)cc(Br)cc1CNc1ccc(F)cc1I. The van der Waals surface area contributed by atoms with Crippen molar-refractivity contribution < 1.29 is 9.13 Å². The second kappa shape index (κ2) is 7.78. The van der Waals surface area contributed by atoms with Gasteiger partial charge >= 0.3 is 0 Å². The van der Waals surface area contributed by atoms with Crippen molar-refractivity contribution >= 4 is 60.1 Å². The number of benzene rings is 2. The molecule has 0 atom stereocenters. The summed E-state index contributed by atoms with van der Waals surface area (Å²) in [4.78, 5) is 0. The lowest BCUT2D eigenvalue weighted by Gasteiger charge is -2.15. The van der Waals surface area contributed by atoms with Crippen molar-refractivity contribution in [3.63, 3.8) is 0 Å². The van der Waals surface area contributed by atoms with Crippen LogP contribution in [0.3, 0.4) is 0 Å². The Hall–Kier alpha value is -0.340. The van der Waals surface area contributed by atoms with Crippen molar-refractivity contribution in [3.05, 3.63) is 54.2 Å². The van der Waals surface area contributed by atoms with E-state index in [2.05, 4.69) is 59.8 Å². The van der Waals surface area contributed by atoms with E-state index in [1.807, 2.05) is 19.1 Å². The maximum absolute atomic E-state index is 13.1. The van der Waals surface area contributed by atoms with Crippen LogP contribution in [0, 0.1) is 9.39 Å². The fourth-order valence-corrected chi connectivity index (χ4v) is 3.97. The summed E-state index contributed by atoms with van der Waals surface area (Å²) in [5, 5.41) is 3.31. The van der Waals surface area contributed by atoms with Crippen LogP contribution in [0.2, 0.25) is 0 Å². The Bertz CT molecular complexity index is 652. The normalized spacial score (nSPS) is 10.5. The Labute approximate surface area is 153 Å². The molecule has 0 bridgehead atoms. The molecule has 0 aliphatic carbocycles. The third-order valence-electron chi connectivity index (χ3n) is 2.77. The lowest BCUT2D eigenvalue weighted by atomic mass is 10.2. The molecule has 1 N–H and O–H groups in total. The highest BCUT2D eigenvalue weighted by Crippen LogP contribution is 2.33. The van der Waals surface area contributed by atoms with Gasteiger partial charge < -0.3 is 10.1 Å². The monoisotopic (exact) mass is 527 g/mol. The first-order chi connectivity index (χ1) is 10.0. The first-order valence-electron chi connectivity index (χ1n) is 6.31. The average molecular weight is 529 g/mol. The zero-order valence-corrected chi connectivity index (χ0v) is 16.6. The molecule has 0 amide bonds. The molecule has 0 radical (unpaired) electrons. The van der Waals surface area contributed by atoms with Crippen LogP contribution in [0.5, 0.6) is 5.75 Å². The van der Waals surface area contributed by atoms with Gasteiger partial charge in [0, 0.05) is 25.8 Å². The third-order valence-corrected chi connectivity index (χ3v) is 4.71. The zero-order valence-electron chi connectivity index (χ0n) is 11.2. The molecule has 6 heteroatoms. The van der Waals surface area contributed by atoms with Gasteiger partial charge in [-0.15, -0.1) is 0 Å².